The second-order valence-electron chi connectivity index (χ2n) is 3.27. The molecule has 2 N–H and O–H groups in total. The first kappa shape index (κ1) is 13.3. The van der Waals surface area contributed by atoms with Gasteiger partial charge in [-0.1, -0.05) is 0 Å². The second kappa shape index (κ2) is 6.77. The number of ether oxygens (including phenoxy) is 2. The van der Waals surface area contributed by atoms with Crippen LogP contribution in [0.2, 0.25) is 0 Å². The Morgan fingerprint density at radius 2 is 2.24 bits per heavy atom. The molecule has 0 bridgehead atoms. The molecule has 1 rings (SSSR count). The van der Waals surface area contributed by atoms with Crippen molar-refractivity contribution in [3.8, 4) is 0 Å². The minimum atomic E-state index is -0.542. The molecule has 7 nitrogen and oxygen atoms in total. The molecular weight excluding hydrogens is 226 g/mol. The van der Waals surface area contributed by atoms with Crippen LogP contribution in [0.25, 0.3) is 0 Å². The molecule has 0 aliphatic heterocycles. The molecule has 0 aliphatic carbocycles. The monoisotopic (exact) mass is 241 g/mol. The van der Waals surface area contributed by atoms with Crippen molar-refractivity contribution in [2.24, 2.45) is 0 Å². The zero-order valence-corrected chi connectivity index (χ0v) is 9.71. The standard InChI is InChI=1S/C10H15N3O4/c1-16-6-7(5-14)11-9-4-3-8(12-13-9)10(15)17-2/h3-4,7,14H,5-6H2,1-2H3,(H,11,13). The van der Waals surface area contributed by atoms with E-state index in [-0.39, 0.29) is 18.3 Å². The SMILES string of the molecule is COCC(CO)Nc1ccc(C(=O)OC)nn1. The molecule has 0 saturated carbocycles. The molecule has 7 heteroatoms. The number of aliphatic hydroxyl groups is 1. The number of hydrogen-bond donors (Lipinski definition) is 2. The third-order valence-electron chi connectivity index (χ3n) is 2.00. The molecule has 0 radical (unpaired) electrons. The van der Waals surface area contributed by atoms with Gasteiger partial charge in [0, 0.05) is 7.11 Å². The predicted octanol–water partition coefficient (Wildman–Crippen LogP) is -0.318. The summed E-state index contributed by atoms with van der Waals surface area (Å²) < 4.78 is 9.40. The molecule has 0 saturated heterocycles. The van der Waals surface area contributed by atoms with E-state index < -0.39 is 5.97 Å². The number of rotatable bonds is 6. The molecule has 17 heavy (non-hydrogen) atoms. The molecule has 1 unspecified atom stereocenters. The first-order chi connectivity index (χ1) is 8.21. The van der Waals surface area contributed by atoms with E-state index in [1.54, 1.807) is 6.07 Å². The Morgan fingerprint density at radius 1 is 1.47 bits per heavy atom. The Balaban J connectivity index is 2.64. The van der Waals surface area contributed by atoms with E-state index in [1.165, 1.54) is 20.3 Å². The maximum Gasteiger partial charge on any atom is 0.358 e. The van der Waals surface area contributed by atoms with Crippen molar-refractivity contribution in [1.82, 2.24) is 10.2 Å². The van der Waals surface area contributed by atoms with Gasteiger partial charge < -0.3 is 19.9 Å². The number of anilines is 1. The normalized spacial score (nSPS) is 11.9. The maximum atomic E-state index is 11.1. The minimum Gasteiger partial charge on any atom is -0.464 e. The lowest BCUT2D eigenvalue weighted by molar-refractivity contribution is 0.0592. The zero-order chi connectivity index (χ0) is 12.7. The van der Waals surface area contributed by atoms with E-state index in [0.29, 0.717) is 12.4 Å². The van der Waals surface area contributed by atoms with Gasteiger partial charge in [-0.2, -0.15) is 0 Å². The number of esters is 1. The van der Waals surface area contributed by atoms with Crippen molar-refractivity contribution in [2.45, 2.75) is 6.04 Å². The van der Waals surface area contributed by atoms with Crippen molar-refractivity contribution in [2.75, 3.05) is 32.8 Å². The van der Waals surface area contributed by atoms with E-state index >= 15 is 0 Å². The van der Waals surface area contributed by atoms with E-state index in [0.717, 1.165) is 0 Å². The molecule has 94 valence electrons. The van der Waals surface area contributed by atoms with Crippen LogP contribution in [0.4, 0.5) is 5.82 Å². The summed E-state index contributed by atoms with van der Waals surface area (Å²) in [4.78, 5) is 11.1. The highest BCUT2D eigenvalue weighted by molar-refractivity contribution is 5.86. The minimum absolute atomic E-state index is 0.0890. The van der Waals surface area contributed by atoms with Crippen molar-refractivity contribution in [3.05, 3.63) is 17.8 Å². The number of aromatic nitrogens is 2. The Bertz CT molecular complexity index is 355. The van der Waals surface area contributed by atoms with Crippen LogP contribution < -0.4 is 5.32 Å². The lowest BCUT2D eigenvalue weighted by atomic mass is 10.3. The fourth-order valence-corrected chi connectivity index (χ4v) is 1.17. The van der Waals surface area contributed by atoms with Crippen molar-refractivity contribution >= 4 is 11.8 Å². The van der Waals surface area contributed by atoms with Gasteiger partial charge in [-0.3, -0.25) is 0 Å². The molecule has 0 fully saturated rings. The summed E-state index contributed by atoms with van der Waals surface area (Å²) in [6.07, 6.45) is 0. The summed E-state index contributed by atoms with van der Waals surface area (Å²) in [6.45, 7) is 0.255. The molecule has 1 heterocycles. The highest BCUT2D eigenvalue weighted by atomic mass is 16.5. The van der Waals surface area contributed by atoms with Crippen molar-refractivity contribution in [1.29, 1.82) is 0 Å². The van der Waals surface area contributed by atoms with Crippen LogP contribution in [-0.4, -0.2) is 54.7 Å². The van der Waals surface area contributed by atoms with Crippen LogP contribution in [0, 0.1) is 0 Å². The van der Waals surface area contributed by atoms with E-state index in [4.69, 9.17) is 9.84 Å². The summed E-state index contributed by atoms with van der Waals surface area (Å²) in [7, 11) is 2.81. The molecule has 1 aromatic heterocycles. The van der Waals surface area contributed by atoms with Crippen LogP contribution in [0.5, 0.6) is 0 Å². The van der Waals surface area contributed by atoms with Gasteiger partial charge in [0.2, 0.25) is 0 Å². The third-order valence-corrected chi connectivity index (χ3v) is 2.00. The van der Waals surface area contributed by atoms with E-state index in [2.05, 4.69) is 20.3 Å². The van der Waals surface area contributed by atoms with Gasteiger partial charge >= 0.3 is 5.97 Å². The van der Waals surface area contributed by atoms with E-state index in [9.17, 15) is 4.79 Å². The van der Waals surface area contributed by atoms with Crippen LogP contribution >= 0.6 is 0 Å². The Morgan fingerprint density at radius 3 is 2.71 bits per heavy atom. The van der Waals surface area contributed by atoms with E-state index in [1.807, 2.05) is 0 Å². The summed E-state index contributed by atoms with van der Waals surface area (Å²) >= 11 is 0. The number of nitrogens with one attached hydrogen (secondary N) is 1. The molecule has 0 spiro atoms. The van der Waals surface area contributed by atoms with Gasteiger partial charge in [0.15, 0.2) is 5.69 Å². The number of nitrogens with zero attached hydrogens (tertiary/aromatic N) is 2. The van der Waals surface area contributed by atoms with Crippen LogP contribution in [0.3, 0.4) is 0 Å². The number of carbonyl (C=O) groups is 1. The topological polar surface area (TPSA) is 93.6 Å². The predicted molar refractivity (Wildman–Crippen MR) is 59.7 cm³/mol. The second-order valence-corrected chi connectivity index (χ2v) is 3.27. The number of carbonyl (C=O) groups excluding carboxylic acids is 1. The highest BCUT2D eigenvalue weighted by Crippen LogP contribution is 2.05. The largest absolute Gasteiger partial charge is 0.464 e. The lowest BCUT2D eigenvalue weighted by Gasteiger charge is -2.15. The van der Waals surface area contributed by atoms with Crippen LogP contribution in [0.1, 0.15) is 10.5 Å². The van der Waals surface area contributed by atoms with Crippen LogP contribution in [0.15, 0.2) is 12.1 Å². The number of hydrogen-bond acceptors (Lipinski definition) is 7. The summed E-state index contributed by atoms with van der Waals surface area (Å²) in [5.41, 5.74) is 0.130. The first-order valence-corrected chi connectivity index (χ1v) is 4.99. The molecule has 0 amide bonds. The lowest BCUT2D eigenvalue weighted by Crippen LogP contribution is -2.29. The fourth-order valence-electron chi connectivity index (χ4n) is 1.17. The molecule has 0 aliphatic rings. The molecule has 1 aromatic rings. The van der Waals surface area contributed by atoms with Gasteiger partial charge in [0.1, 0.15) is 5.82 Å². The molecule has 1 atom stereocenters. The van der Waals surface area contributed by atoms with Gasteiger partial charge in [-0.05, 0) is 12.1 Å². The molecular formula is C10H15N3O4. The smallest absolute Gasteiger partial charge is 0.358 e. The van der Waals surface area contributed by atoms with Crippen molar-refractivity contribution in [3.63, 3.8) is 0 Å². The first-order valence-electron chi connectivity index (χ1n) is 4.99. The van der Waals surface area contributed by atoms with Crippen LogP contribution in [-0.2, 0) is 9.47 Å². The quantitative estimate of drug-likeness (QED) is 0.659. The zero-order valence-electron chi connectivity index (χ0n) is 9.71. The van der Waals surface area contributed by atoms with Gasteiger partial charge in [-0.25, -0.2) is 4.79 Å². The summed E-state index contributed by atoms with van der Waals surface area (Å²) in [6, 6.07) is 2.80. The fraction of sp³-hybridized carbons (Fsp3) is 0.500. The van der Waals surface area contributed by atoms with Crippen molar-refractivity contribution < 1.29 is 19.4 Å². The average molecular weight is 241 g/mol. The van der Waals surface area contributed by atoms with Gasteiger partial charge in [0.25, 0.3) is 0 Å². The number of methoxy groups -OCH3 is 2. The summed E-state index contributed by atoms with van der Waals surface area (Å²) in [5.74, 6) is -0.0894. The maximum absolute atomic E-state index is 11.1. The third kappa shape index (κ3) is 3.97. The Kier molecular flexibility index (Phi) is 5.31. The Labute approximate surface area is 98.8 Å². The Hall–Kier alpha value is -1.73. The highest BCUT2D eigenvalue weighted by Gasteiger charge is 2.10. The summed E-state index contributed by atoms with van der Waals surface area (Å²) in [5, 5.41) is 19.4. The van der Waals surface area contributed by atoms with Gasteiger partial charge in [-0.15, -0.1) is 10.2 Å². The van der Waals surface area contributed by atoms with Gasteiger partial charge in [0.05, 0.1) is 26.4 Å². The molecule has 0 aromatic carbocycles. The number of aliphatic hydroxyl groups excluding tert-OH is 1. The average Bonchev–Trinajstić information content (AvgIpc) is 2.38.